The third kappa shape index (κ3) is 2.37. The molecule has 2 aromatic carbocycles. The number of benzene rings is 2. The molecule has 0 aliphatic carbocycles. The fourth-order valence-corrected chi connectivity index (χ4v) is 2.21. The van der Waals surface area contributed by atoms with Crippen molar-refractivity contribution in [1.29, 1.82) is 0 Å². The molecular weight excluding hydrogens is 262 g/mol. The minimum Gasteiger partial charge on any atom is -0.497 e. The summed E-state index contributed by atoms with van der Waals surface area (Å²) in [6, 6.07) is 17.4. The maximum absolute atomic E-state index is 7.34. The second kappa shape index (κ2) is 5.51. The van der Waals surface area contributed by atoms with Gasteiger partial charge < -0.3 is 4.74 Å². The smallest absolute Gasteiger partial charge is 0.232 e. The first-order valence-corrected chi connectivity index (χ1v) is 6.49. The van der Waals surface area contributed by atoms with Crippen LogP contribution >= 0.6 is 0 Å². The highest BCUT2D eigenvalue weighted by Gasteiger charge is 2.14. The Kier molecular flexibility index (Phi) is 3.40. The largest absolute Gasteiger partial charge is 0.497 e. The molecule has 102 valence electrons. The summed E-state index contributed by atoms with van der Waals surface area (Å²) >= 11 is 0. The van der Waals surface area contributed by atoms with Gasteiger partial charge in [0.25, 0.3) is 0 Å². The lowest BCUT2D eigenvalue weighted by Gasteiger charge is -2.09. The summed E-state index contributed by atoms with van der Waals surface area (Å²) in [7, 11) is 1.63. The molecule has 1 heterocycles. The lowest BCUT2D eigenvalue weighted by Crippen LogP contribution is -1.98. The highest BCUT2D eigenvalue weighted by molar-refractivity contribution is 5.76. The molecule has 3 aromatic rings. The molecule has 3 rings (SSSR count). The van der Waals surface area contributed by atoms with Gasteiger partial charge in [0, 0.05) is 0 Å². The third-order valence-electron chi connectivity index (χ3n) is 3.23. The number of methoxy groups -OCH3 is 1. The minimum atomic E-state index is 0.531. The van der Waals surface area contributed by atoms with Gasteiger partial charge >= 0.3 is 0 Å². The van der Waals surface area contributed by atoms with Crippen LogP contribution in [0.2, 0.25) is 0 Å². The molecular formula is C17H13N3O. The molecule has 0 radical (unpaired) electrons. The van der Waals surface area contributed by atoms with Crippen molar-refractivity contribution in [1.82, 2.24) is 9.78 Å². The second-order valence-electron chi connectivity index (χ2n) is 4.47. The van der Waals surface area contributed by atoms with Crippen LogP contribution in [0, 0.1) is 6.57 Å². The van der Waals surface area contributed by atoms with E-state index < -0.39 is 0 Å². The summed E-state index contributed by atoms with van der Waals surface area (Å²) < 4.78 is 6.96. The number of rotatable bonds is 3. The number of ether oxygens (including phenoxy) is 1. The van der Waals surface area contributed by atoms with Crippen molar-refractivity contribution in [3.05, 3.63) is 72.2 Å². The predicted molar refractivity (Wildman–Crippen MR) is 81.8 cm³/mol. The van der Waals surface area contributed by atoms with E-state index in [-0.39, 0.29) is 0 Å². The highest BCUT2D eigenvalue weighted by atomic mass is 16.5. The first-order valence-electron chi connectivity index (χ1n) is 6.49. The van der Waals surface area contributed by atoms with E-state index in [9.17, 15) is 0 Å². The normalized spacial score (nSPS) is 10.1. The van der Waals surface area contributed by atoms with Gasteiger partial charge in [-0.25, -0.2) is 9.53 Å². The van der Waals surface area contributed by atoms with Gasteiger partial charge in [-0.05, 0) is 29.8 Å². The van der Waals surface area contributed by atoms with Gasteiger partial charge in [-0.1, -0.05) is 30.3 Å². The Bertz CT molecular complexity index is 783. The van der Waals surface area contributed by atoms with E-state index in [1.165, 1.54) is 0 Å². The van der Waals surface area contributed by atoms with E-state index in [2.05, 4.69) is 9.94 Å². The zero-order valence-electron chi connectivity index (χ0n) is 11.5. The van der Waals surface area contributed by atoms with Crippen LogP contribution in [0.1, 0.15) is 0 Å². The first kappa shape index (κ1) is 12.9. The Balaban J connectivity index is 2.16. The van der Waals surface area contributed by atoms with Crippen molar-refractivity contribution < 1.29 is 4.74 Å². The third-order valence-corrected chi connectivity index (χ3v) is 3.23. The Labute approximate surface area is 123 Å². The van der Waals surface area contributed by atoms with Crippen LogP contribution in [-0.2, 0) is 0 Å². The van der Waals surface area contributed by atoms with Crippen LogP contribution in [0.15, 0.2) is 60.8 Å². The molecule has 1 aromatic heterocycles. The van der Waals surface area contributed by atoms with Gasteiger partial charge in [0.05, 0.1) is 31.3 Å². The average molecular weight is 275 g/mol. The number of hydrogen-bond acceptors (Lipinski definition) is 2. The summed E-state index contributed by atoms with van der Waals surface area (Å²) in [5, 5.41) is 4.35. The van der Waals surface area contributed by atoms with Crippen molar-refractivity contribution in [2.24, 2.45) is 0 Å². The van der Waals surface area contributed by atoms with E-state index in [4.69, 9.17) is 11.3 Å². The lowest BCUT2D eigenvalue weighted by molar-refractivity contribution is 0.415. The maximum atomic E-state index is 7.34. The summed E-state index contributed by atoms with van der Waals surface area (Å²) in [5.41, 5.74) is 3.18. The molecule has 0 amide bonds. The topological polar surface area (TPSA) is 31.4 Å². The van der Waals surface area contributed by atoms with Crippen LogP contribution in [0.25, 0.3) is 21.8 Å². The predicted octanol–water partition coefficient (Wildman–Crippen LogP) is 4.10. The number of hydrogen-bond donors (Lipinski definition) is 0. The molecule has 0 atom stereocenters. The maximum Gasteiger partial charge on any atom is 0.232 e. The standard InChI is InChI=1S/C17H13N3O/c1-18-16-12-19-20(14-6-4-3-5-7-14)17(16)13-8-10-15(21-2)11-9-13/h3-12H,2H3. The van der Waals surface area contributed by atoms with E-state index in [1.54, 1.807) is 18.0 Å². The monoisotopic (exact) mass is 275 g/mol. The van der Waals surface area contributed by atoms with Crippen LogP contribution < -0.4 is 4.74 Å². The zero-order chi connectivity index (χ0) is 14.7. The first-order chi connectivity index (χ1) is 10.3. The average Bonchev–Trinajstić information content (AvgIpc) is 2.99. The molecule has 0 N–H and O–H groups in total. The van der Waals surface area contributed by atoms with Gasteiger partial charge in [0.2, 0.25) is 5.69 Å². The molecule has 0 bridgehead atoms. The molecule has 0 fully saturated rings. The van der Waals surface area contributed by atoms with Crippen LogP contribution in [0.3, 0.4) is 0 Å². The molecule has 0 aliphatic heterocycles. The molecule has 4 heteroatoms. The highest BCUT2D eigenvalue weighted by Crippen LogP contribution is 2.33. The van der Waals surface area contributed by atoms with Crippen molar-refractivity contribution in [2.75, 3.05) is 7.11 Å². The number of aromatic nitrogens is 2. The Morgan fingerprint density at radius 3 is 2.38 bits per heavy atom. The van der Waals surface area contributed by atoms with E-state index in [0.29, 0.717) is 5.69 Å². The van der Waals surface area contributed by atoms with Crippen molar-refractivity contribution in [3.8, 4) is 22.7 Å². The summed E-state index contributed by atoms with van der Waals surface area (Å²) in [6.45, 7) is 7.34. The van der Waals surface area contributed by atoms with Gasteiger partial charge in [-0.15, -0.1) is 0 Å². The molecule has 0 spiro atoms. The van der Waals surface area contributed by atoms with Crippen LogP contribution in [0.4, 0.5) is 5.69 Å². The fraction of sp³-hybridized carbons (Fsp3) is 0.0588. The summed E-state index contributed by atoms with van der Waals surface area (Å²) in [5.74, 6) is 0.786. The molecule has 21 heavy (non-hydrogen) atoms. The summed E-state index contributed by atoms with van der Waals surface area (Å²) in [4.78, 5) is 3.57. The van der Waals surface area contributed by atoms with Gasteiger partial charge in [0.1, 0.15) is 5.75 Å². The van der Waals surface area contributed by atoms with Gasteiger partial charge in [-0.3, -0.25) is 0 Å². The molecule has 0 aliphatic rings. The fourth-order valence-electron chi connectivity index (χ4n) is 2.21. The van der Waals surface area contributed by atoms with E-state index in [1.807, 2.05) is 54.6 Å². The zero-order valence-corrected chi connectivity index (χ0v) is 11.5. The number of nitrogens with zero attached hydrogens (tertiary/aromatic N) is 3. The van der Waals surface area contributed by atoms with Gasteiger partial charge in [-0.2, -0.15) is 5.10 Å². The SMILES string of the molecule is [C-]#[N+]c1cnn(-c2ccccc2)c1-c1ccc(OC)cc1. The summed E-state index contributed by atoms with van der Waals surface area (Å²) in [6.07, 6.45) is 1.60. The van der Waals surface area contributed by atoms with Crippen LogP contribution in [0.5, 0.6) is 5.75 Å². The van der Waals surface area contributed by atoms with Crippen molar-refractivity contribution in [2.45, 2.75) is 0 Å². The van der Waals surface area contributed by atoms with Crippen molar-refractivity contribution in [3.63, 3.8) is 0 Å². The van der Waals surface area contributed by atoms with Gasteiger partial charge in [0.15, 0.2) is 0 Å². The molecule has 0 saturated heterocycles. The lowest BCUT2D eigenvalue weighted by atomic mass is 10.1. The molecule has 0 saturated carbocycles. The second-order valence-corrected chi connectivity index (χ2v) is 4.47. The Hall–Kier alpha value is -3.06. The van der Waals surface area contributed by atoms with E-state index in [0.717, 1.165) is 22.7 Å². The Morgan fingerprint density at radius 1 is 1.05 bits per heavy atom. The molecule has 4 nitrogen and oxygen atoms in total. The molecule has 0 unspecified atom stereocenters. The number of para-hydroxylation sites is 1. The van der Waals surface area contributed by atoms with E-state index >= 15 is 0 Å². The minimum absolute atomic E-state index is 0.531. The van der Waals surface area contributed by atoms with Crippen LogP contribution in [-0.4, -0.2) is 16.9 Å². The van der Waals surface area contributed by atoms with Crippen molar-refractivity contribution >= 4 is 5.69 Å². The quantitative estimate of drug-likeness (QED) is 0.674. The Morgan fingerprint density at radius 2 is 1.76 bits per heavy atom.